The fourth-order valence-electron chi connectivity index (χ4n) is 1.66. The summed E-state index contributed by atoms with van der Waals surface area (Å²) in [5.41, 5.74) is 6.93. The Hall–Kier alpha value is -1.88. The number of amides is 2. The minimum absolute atomic E-state index is 0.0322. The van der Waals surface area contributed by atoms with Gasteiger partial charge in [-0.05, 0) is 36.6 Å². The Kier molecular flexibility index (Phi) is 5.06. The standard InChI is InChI=1S/C14H20N2O3/c1-8(2)12(17)7-13(18)16-10-4-5-11(14(15)19)9(3)6-10/h4-6,8,12,17H,7H2,1-3H3,(H2,15,19)(H,16,18). The molecule has 5 heteroatoms. The number of nitrogens with one attached hydrogen (secondary N) is 1. The Bertz CT molecular complexity index is 484. The molecule has 0 saturated carbocycles. The van der Waals surface area contributed by atoms with Gasteiger partial charge in [-0.2, -0.15) is 0 Å². The van der Waals surface area contributed by atoms with Crippen molar-refractivity contribution in [1.82, 2.24) is 0 Å². The van der Waals surface area contributed by atoms with Gasteiger partial charge in [0.15, 0.2) is 0 Å². The maximum Gasteiger partial charge on any atom is 0.248 e. The summed E-state index contributed by atoms with van der Waals surface area (Å²) in [5, 5.41) is 12.3. The van der Waals surface area contributed by atoms with E-state index in [-0.39, 0.29) is 18.2 Å². The number of hydrogen-bond acceptors (Lipinski definition) is 3. The van der Waals surface area contributed by atoms with E-state index in [0.717, 1.165) is 0 Å². The second-order valence-corrected chi connectivity index (χ2v) is 4.96. The first-order chi connectivity index (χ1) is 8.81. The Balaban J connectivity index is 2.70. The molecule has 0 radical (unpaired) electrons. The van der Waals surface area contributed by atoms with Crippen LogP contribution < -0.4 is 11.1 Å². The van der Waals surface area contributed by atoms with Crippen LogP contribution >= 0.6 is 0 Å². The highest BCUT2D eigenvalue weighted by atomic mass is 16.3. The van der Waals surface area contributed by atoms with Gasteiger partial charge in [-0.1, -0.05) is 13.8 Å². The SMILES string of the molecule is Cc1cc(NC(=O)CC(O)C(C)C)ccc1C(N)=O. The van der Waals surface area contributed by atoms with Gasteiger partial charge >= 0.3 is 0 Å². The molecule has 19 heavy (non-hydrogen) atoms. The molecular weight excluding hydrogens is 244 g/mol. The molecule has 0 aromatic heterocycles. The third kappa shape index (κ3) is 4.37. The number of aliphatic hydroxyl groups excluding tert-OH is 1. The van der Waals surface area contributed by atoms with Crippen LogP contribution in [0.25, 0.3) is 0 Å². The monoisotopic (exact) mass is 264 g/mol. The lowest BCUT2D eigenvalue weighted by Crippen LogP contribution is -2.23. The predicted octanol–water partition coefficient (Wildman–Crippen LogP) is 1.44. The van der Waals surface area contributed by atoms with Crippen LogP contribution in [0, 0.1) is 12.8 Å². The second-order valence-electron chi connectivity index (χ2n) is 4.96. The molecule has 0 heterocycles. The maximum absolute atomic E-state index is 11.7. The molecule has 2 amide bonds. The molecule has 1 atom stereocenters. The van der Waals surface area contributed by atoms with E-state index in [1.165, 1.54) is 0 Å². The van der Waals surface area contributed by atoms with Crippen LogP contribution in [0.15, 0.2) is 18.2 Å². The Morgan fingerprint density at radius 1 is 1.37 bits per heavy atom. The molecule has 0 fully saturated rings. The van der Waals surface area contributed by atoms with Crippen molar-refractivity contribution < 1.29 is 14.7 Å². The molecular formula is C14H20N2O3. The lowest BCUT2D eigenvalue weighted by Gasteiger charge is -2.14. The fourth-order valence-corrected chi connectivity index (χ4v) is 1.66. The second kappa shape index (κ2) is 6.33. The van der Waals surface area contributed by atoms with E-state index < -0.39 is 12.0 Å². The van der Waals surface area contributed by atoms with Gasteiger partial charge in [-0.3, -0.25) is 9.59 Å². The van der Waals surface area contributed by atoms with Gasteiger partial charge in [0, 0.05) is 11.3 Å². The highest BCUT2D eigenvalue weighted by molar-refractivity contribution is 5.96. The molecule has 0 aliphatic rings. The van der Waals surface area contributed by atoms with E-state index >= 15 is 0 Å². The number of benzene rings is 1. The average molecular weight is 264 g/mol. The molecule has 0 aliphatic heterocycles. The Morgan fingerprint density at radius 2 is 2.00 bits per heavy atom. The number of nitrogens with two attached hydrogens (primary N) is 1. The molecule has 1 unspecified atom stereocenters. The summed E-state index contributed by atoms with van der Waals surface area (Å²) in [5.74, 6) is -0.720. The van der Waals surface area contributed by atoms with Gasteiger partial charge in [-0.15, -0.1) is 0 Å². The zero-order chi connectivity index (χ0) is 14.6. The van der Waals surface area contributed by atoms with Gasteiger partial charge in [0.2, 0.25) is 11.8 Å². The van der Waals surface area contributed by atoms with Crippen molar-refractivity contribution in [2.24, 2.45) is 11.7 Å². The summed E-state index contributed by atoms with van der Waals surface area (Å²) >= 11 is 0. The van der Waals surface area contributed by atoms with E-state index in [1.54, 1.807) is 25.1 Å². The van der Waals surface area contributed by atoms with Crippen molar-refractivity contribution >= 4 is 17.5 Å². The van der Waals surface area contributed by atoms with Crippen LogP contribution in [-0.4, -0.2) is 23.0 Å². The van der Waals surface area contributed by atoms with Crippen LogP contribution in [0.4, 0.5) is 5.69 Å². The minimum atomic E-state index is -0.661. The number of hydrogen-bond donors (Lipinski definition) is 3. The van der Waals surface area contributed by atoms with E-state index in [2.05, 4.69) is 5.32 Å². The van der Waals surface area contributed by atoms with E-state index in [9.17, 15) is 14.7 Å². The number of primary amides is 1. The van der Waals surface area contributed by atoms with Gasteiger partial charge in [-0.25, -0.2) is 0 Å². The van der Waals surface area contributed by atoms with Crippen LogP contribution in [0.1, 0.15) is 36.2 Å². The third-order valence-electron chi connectivity index (χ3n) is 2.94. The van der Waals surface area contributed by atoms with Crippen molar-refractivity contribution in [3.8, 4) is 0 Å². The average Bonchev–Trinajstić information content (AvgIpc) is 2.27. The van der Waals surface area contributed by atoms with Gasteiger partial charge in [0.05, 0.1) is 12.5 Å². The summed E-state index contributed by atoms with van der Waals surface area (Å²) in [7, 11) is 0. The highest BCUT2D eigenvalue weighted by Crippen LogP contribution is 2.15. The molecule has 5 nitrogen and oxygen atoms in total. The van der Waals surface area contributed by atoms with Crippen LogP contribution in [0.5, 0.6) is 0 Å². The van der Waals surface area contributed by atoms with Crippen LogP contribution in [0.3, 0.4) is 0 Å². The third-order valence-corrected chi connectivity index (χ3v) is 2.94. The molecule has 0 saturated heterocycles. The number of anilines is 1. The van der Waals surface area contributed by atoms with E-state index in [0.29, 0.717) is 16.8 Å². The van der Waals surface area contributed by atoms with Gasteiger partial charge in [0.1, 0.15) is 0 Å². The topological polar surface area (TPSA) is 92.4 Å². The number of carbonyl (C=O) groups excluding carboxylic acids is 2. The fraction of sp³-hybridized carbons (Fsp3) is 0.429. The summed E-state index contributed by atoms with van der Waals surface area (Å²) in [6.45, 7) is 5.45. The quantitative estimate of drug-likeness (QED) is 0.751. The van der Waals surface area contributed by atoms with Gasteiger partial charge in [0.25, 0.3) is 0 Å². The molecule has 4 N–H and O–H groups in total. The van der Waals surface area contributed by atoms with Crippen molar-refractivity contribution in [2.75, 3.05) is 5.32 Å². The number of aryl methyl sites for hydroxylation is 1. The summed E-state index contributed by atoms with van der Waals surface area (Å²) in [6.07, 6.45) is -0.611. The van der Waals surface area contributed by atoms with E-state index in [4.69, 9.17) is 5.73 Å². The highest BCUT2D eigenvalue weighted by Gasteiger charge is 2.14. The number of aliphatic hydroxyl groups is 1. The Labute approximate surface area is 112 Å². The van der Waals surface area contributed by atoms with Crippen LogP contribution in [-0.2, 0) is 4.79 Å². The van der Waals surface area contributed by atoms with Crippen LogP contribution in [0.2, 0.25) is 0 Å². The van der Waals surface area contributed by atoms with Crippen molar-refractivity contribution in [1.29, 1.82) is 0 Å². The summed E-state index contributed by atoms with van der Waals surface area (Å²) < 4.78 is 0. The first kappa shape index (κ1) is 15.2. The zero-order valence-electron chi connectivity index (χ0n) is 11.4. The molecule has 1 aromatic rings. The number of carbonyl (C=O) groups is 2. The molecule has 104 valence electrons. The lowest BCUT2D eigenvalue weighted by atomic mass is 10.0. The first-order valence-corrected chi connectivity index (χ1v) is 6.19. The summed E-state index contributed by atoms with van der Waals surface area (Å²) in [6, 6.07) is 4.87. The summed E-state index contributed by atoms with van der Waals surface area (Å²) in [4.78, 5) is 22.8. The maximum atomic E-state index is 11.7. The molecule has 0 spiro atoms. The molecule has 1 aromatic carbocycles. The largest absolute Gasteiger partial charge is 0.392 e. The van der Waals surface area contributed by atoms with Crippen molar-refractivity contribution in [3.05, 3.63) is 29.3 Å². The minimum Gasteiger partial charge on any atom is -0.392 e. The predicted molar refractivity (Wildman–Crippen MR) is 73.8 cm³/mol. The molecule has 1 rings (SSSR count). The first-order valence-electron chi connectivity index (χ1n) is 6.19. The smallest absolute Gasteiger partial charge is 0.248 e. The number of rotatable bonds is 5. The van der Waals surface area contributed by atoms with Crippen molar-refractivity contribution in [3.63, 3.8) is 0 Å². The zero-order valence-corrected chi connectivity index (χ0v) is 11.4. The van der Waals surface area contributed by atoms with Gasteiger partial charge < -0.3 is 16.2 Å². The Morgan fingerprint density at radius 3 is 2.47 bits per heavy atom. The normalized spacial score (nSPS) is 12.3. The van der Waals surface area contributed by atoms with E-state index in [1.807, 2.05) is 13.8 Å². The lowest BCUT2D eigenvalue weighted by molar-refractivity contribution is -0.118. The molecule has 0 aliphatic carbocycles. The molecule has 0 bridgehead atoms. The van der Waals surface area contributed by atoms with Crippen molar-refractivity contribution in [2.45, 2.75) is 33.3 Å².